The predicted molar refractivity (Wildman–Crippen MR) is 127 cm³/mol. The number of ether oxygens (including phenoxy) is 1. The minimum Gasteiger partial charge on any atom is -0.487 e. The molecule has 166 valence electrons. The standard InChI is InChI=1S/C28H33N3O/c1-17-4-5-24(29-14-17)16-32-26-18(2)6-23(7-19(26)3)25-15-30-27(31-25)28-11-20-8-21(12-28)10-22(9-20)13-28/h4-7,14-15,20-22H,8-13,16H2,1-3H3,(H,30,31). The summed E-state index contributed by atoms with van der Waals surface area (Å²) in [4.78, 5) is 13.2. The summed E-state index contributed by atoms with van der Waals surface area (Å²) in [7, 11) is 0. The SMILES string of the molecule is Cc1ccc(COc2c(C)cc(-c3cnc(C45CC6CC(CC(C6)C4)C5)[nH]3)cc2C)nc1. The van der Waals surface area contributed by atoms with Gasteiger partial charge in [-0.15, -0.1) is 0 Å². The molecule has 4 nitrogen and oxygen atoms in total. The number of pyridine rings is 1. The molecule has 0 radical (unpaired) electrons. The van der Waals surface area contributed by atoms with Crippen LogP contribution in [0, 0.1) is 38.5 Å². The van der Waals surface area contributed by atoms with Crippen molar-refractivity contribution in [3.8, 4) is 17.0 Å². The molecule has 32 heavy (non-hydrogen) atoms. The van der Waals surface area contributed by atoms with E-state index >= 15 is 0 Å². The highest BCUT2D eigenvalue weighted by molar-refractivity contribution is 5.64. The van der Waals surface area contributed by atoms with Crippen LogP contribution in [0.5, 0.6) is 5.75 Å². The second-order valence-corrected chi connectivity index (χ2v) is 10.9. The van der Waals surface area contributed by atoms with Crippen molar-refractivity contribution in [3.63, 3.8) is 0 Å². The molecule has 0 unspecified atom stereocenters. The highest BCUT2D eigenvalue weighted by Crippen LogP contribution is 2.60. The van der Waals surface area contributed by atoms with Crippen molar-refractivity contribution in [2.45, 2.75) is 71.3 Å². The van der Waals surface area contributed by atoms with Crippen LogP contribution in [0.25, 0.3) is 11.3 Å². The number of nitrogens with zero attached hydrogens (tertiary/aromatic N) is 2. The van der Waals surface area contributed by atoms with Gasteiger partial charge < -0.3 is 9.72 Å². The number of aromatic amines is 1. The first-order valence-corrected chi connectivity index (χ1v) is 12.2. The normalized spacial score (nSPS) is 28.3. The van der Waals surface area contributed by atoms with Gasteiger partial charge >= 0.3 is 0 Å². The number of nitrogens with one attached hydrogen (secondary N) is 1. The highest BCUT2D eigenvalue weighted by Gasteiger charge is 2.53. The molecule has 0 aliphatic heterocycles. The van der Waals surface area contributed by atoms with E-state index in [1.54, 1.807) is 0 Å². The van der Waals surface area contributed by atoms with E-state index in [1.807, 2.05) is 12.3 Å². The molecular formula is C28H33N3O. The van der Waals surface area contributed by atoms with Gasteiger partial charge in [0.25, 0.3) is 0 Å². The van der Waals surface area contributed by atoms with Crippen molar-refractivity contribution in [2.75, 3.05) is 0 Å². The van der Waals surface area contributed by atoms with Crippen molar-refractivity contribution in [2.24, 2.45) is 17.8 Å². The molecule has 7 rings (SSSR count). The Morgan fingerprint density at radius 3 is 2.16 bits per heavy atom. The van der Waals surface area contributed by atoms with Crippen LogP contribution in [0.15, 0.2) is 36.7 Å². The molecule has 4 aliphatic carbocycles. The Balaban J connectivity index is 1.23. The van der Waals surface area contributed by atoms with Crippen LogP contribution in [-0.4, -0.2) is 15.0 Å². The second kappa shape index (κ2) is 7.47. The summed E-state index contributed by atoms with van der Waals surface area (Å²) in [5, 5.41) is 0. The van der Waals surface area contributed by atoms with E-state index in [2.05, 4.69) is 55.1 Å². The number of aromatic nitrogens is 3. The van der Waals surface area contributed by atoms with Gasteiger partial charge in [-0.2, -0.15) is 0 Å². The summed E-state index contributed by atoms with van der Waals surface area (Å²) >= 11 is 0. The molecule has 4 saturated carbocycles. The largest absolute Gasteiger partial charge is 0.487 e. The highest BCUT2D eigenvalue weighted by atomic mass is 16.5. The third-order valence-electron chi connectivity index (χ3n) is 8.22. The Labute approximate surface area is 190 Å². The van der Waals surface area contributed by atoms with Gasteiger partial charge in [0.2, 0.25) is 0 Å². The lowest BCUT2D eigenvalue weighted by Gasteiger charge is -2.56. The lowest BCUT2D eigenvalue weighted by Crippen LogP contribution is -2.49. The maximum absolute atomic E-state index is 6.17. The van der Waals surface area contributed by atoms with Crippen LogP contribution in [-0.2, 0) is 12.0 Å². The van der Waals surface area contributed by atoms with Gasteiger partial charge in [-0.05, 0) is 112 Å². The molecule has 1 N–H and O–H groups in total. The van der Waals surface area contributed by atoms with Crippen molar-refractivity contribution in [1.29, 1.82) is 0 Å². The number of hydrogen-bond donors (Lipinski definition) is 1. The molecule has 0 amide bonds. The Hall–Kier alpha value is -2.62. The predicted octanol–water partition coefficient (Wildman–Crippen LogP) is 6.44. The molecule has 2 aromatic heterocycles. The third kappa shape index (κ3) is 3.44. The Bertz CT molecular complexity index is 1090. The second-order valence-electron chi connectivity index (χ2n) is 10.9. The van der Waals surface area contributed by atoms with Gasteiger partial charge in [0.1, 0.15) is 18.2 Å². The molecule has 4 aliphatic rings. The van der Waals surface area contributed by atoms with E-state index < -0.39 is 0 Å². The van der Waals surface area contributed by atoms with E-state index in [4.69, 9.17) is 9.72 Å². The van der Waals surface area contributed by atoms with E-state index in [0.29, 0.717) is 12.0 Å². The summed E-state index contributed by atoms with van der Waals surface area (Å²) in [5.74, 6) is 4.99. The molecule has 0 spiro atoms. The number of benzene rings is 1. The number of aryl methyl sites for hydroxylation is 3. The van der Waals surface area contributed by atoms with E-state index in [9.17, 15) is 0 Å². The van der Waals surface area contributed by atoms with E-state index in [0.717, 1.165) is 51.6 Å². The Morgan fingerprint density at radius 1 is 0.906 bits per heavy atom. The molecule has 0 atom stereocenters. The zero-order valence-corrected chi connectivity index (χ0v) is 19.4. The third-order valence-corrected chi connectivity index (χ3v) is 8.22. The number of H-pyrrole nitrogens is 1. The smallest absolute Gasteiger partial charge is 0.130 e. The quantitative estimate of drug-likeness (QED) is 0.509. The number of hydrogen-bond acceptors (Lipinski definition) is 3. The average molecular weight is 428 g/mol. The Kier molecular flexibility index (Phi) is 4.67. The van der Waals surface area contributed by atoms with Crippen LogP contribution >= 0.6 is 0 Å². The van der Waals surface area contributed by atoms with Crippen LogP contribution in [0.1, 0.15) is 66.7 Å². The summed E-state index contributed by atoms with van der Waals surface area (Å²) in [5.41, 5.74) is 7.06. The van der Waals surface area contributed by atoms with Gasteiger partial charge in [0, 0.05) is 17.2 Å². The Morgan fingerprint density at radius 2 is 1.56 bits per heavy atom. The number of rotatable bonds is 5. The first-order chi connectivity index (χ1) is 15.5. The minimum absolute atomic E-state index is 0.307. The van der Waals surface area contributed by atoms with Crippen LogP contribution in [0.4, 0.5) is 0 Å². The van der Waals surface area contributed by atoms with Crippen LogP contribution in [0.2, 0.25) is 0 Å². The molecule has 4 heteroatoms. The van der Waals surface area contributed by atoms with E-state index in [-0.39, 0.29) is 0 Å². The summed E-state index contributed by atoms with van der Waals surface area (Å²) in [6.07, 6.45) is 12.3. The lowest BCUT2D eigenvalue weighted by atomic mass is 9.49. The first-order valence-electron chi connectivity index (χ1n) is 12.2. The van der Waals surface area contributed by atoms with Gasteiger partial charge in [-0.1, -0.05) is 6.07 Å². The molecule has 4 bridgehead atoms. The molecule has 3 aromatic rings. The van der Waals surface area contributed by atoms with Crippen LogP contribution in [0.3, 0.4) is 0 Å². The number of imidazole rings is 1. The zero-order valence-electron chi connectivity index (χ0n) is 19.4. The maximum atomic E-state index is 6.17. The molecule has 4 fully saturated rings. The first kappa shape index (κ1) is 20.0. The van der Waals surface area contributed by atoms with Gasteiger partial charge in [0.15, 0.2) is 0 Å². The molecular weight excluding hydrogens is 394 g/mol. The minimum atomic E-state index is 0.307. The van der Waals surface area contributed by atoms with Crippen molar-refractivity contribution in [1.82, 2.24) is 15.0 Å². The lowest BCUT2D eigenvalue weighted by molar-refractivity contribution is -0.00898. The summed E-state index contributed by atoms with van der Waals surface area (Å²) < 4.78 is 6.17. The average Bonchev–Trinajstić information content (AvgIpc) is 3.25. The molecule has 1 aromatic carbocycles. The monoisotopic (exact) mass is 427 g/mol. The fourth-order valence-electron chi connectivity index (χ4n) is 7.20. The summed E-state index contributed by atoms with van der Waals surface area (Å²) in [6, 6.07) is 8.56. The van der Waals surface area contributed by atoms with Crippen molar-refractivity contribution in [3.05, 3.63) is 64.9 Å². The van der Waals surface area contributed by atoms with E-state index in [1.165, 1.54) is 49.9 Å². The molecule has 0 saturated heterocycles. The van der Waals surface area contributed by atoms with Crippen LogP contribution < -0.4 is 4.74 Å². The fraction of sp³-hybridized carbons (Fsp3) is 0.500. The van der Waals surface area contributed by atoms with Gasteiger partial charge in [0.05, 0.1) is 17.6 Å². The van der Waals surface area contributed by atoms with Gasteiger partial charge in [-0.3, -0.25) is 4.98 Å². The zero-order chi connectivity index (χ0) is 21.9. The van der Waals surface area contributed by atoms with Crippen molar-refractivity contribution < 1.29 is 4.74 Å². The molecule has 2 heterocycles. The van der Waals surface area contributed by atoms with Crippen molar-refractivity contribution >= 4 is 0 Å². The fourth-order valence-corrected chi connectivity index (χ4v) is 7.20. The maximum Gasteiger partial charge on any atom is 0.130 e. The topological polar surface area (TPSA) is 50.8 Å². The summed E-state index contributed by atoms with van der Waals surface area (Å²) in [6.45, 7) is 6.80. The van der Waals surface area contributed by atoms with Gasteiger partial charge in [-0.25, -0.2) is 4.98 Å².